The van der Waals surface area contributed by atoms with Crippen LogP contribution in [-0.2, 0) is 37.5 Å². The smallest absolute Gasteiger partial charge is 0.472 e. The molecule has 67 heavy (non-hydrogen) atoms. The number of carbonyl (C=O) groups is 3. The first-order valence-electron chi connectivity index (χ1n) is 28.2. The lowest BCUT2D eigenvalue weighted by atomic mass is 10.0. The molecule has 0 radical (unpaired) electrons. The number of phosphoric ester groups is 1. The number of phosphoric acid groups is 1. The van der Waals surface area contributed by atoms with E-state index in [1.54, 1.807) is 0 Å². The molecule has 11 nitrogen and oxygen atoms in total. The van der Waals surface area contributed by atoms with Crippen molar-refractivity contribution in [1.29, 1.82) is 0 Å². The van der Waals surface area contributed by atoms with Crippen LogP contribution in [0.2, 0.25) is 0 Å². The maximum Gasteiger partial charge on any atom is 0.472 e. The molecule has 0 aliphatic carbocycles. The molecular weight excluding hydrogens is 866 g/mol. The number of carboxylic acid groups (broad SMARTS) is 1. The zero-order valence-electron chi connectivity index (χ0n) is 43.5. The van der Waals surface area contributed by atoms with Crippen molar-refractivity contribution in [3.63, 3.8) is 0 Å². The number of ether oxygens (including phenoxy) is 2. The molecular formula is C55H106NO10P. The minimum absolute atomic E-state index is 0.164. The number of nitrogens with two attached hydrogens (primary N) is 1. The van der Waals surface area contributed by atoms with Crippen molar-refractivity contribution in [2.45, 2.75) is 302 Å². The van der Waals surface area contributed by atoms with Gasteiger partial charge in [-0.2, -0.15) is 0 Å². The van der Waals surface area contributed by atoms with Gasteiger partial charge < -0.3 is 25.2 Å². The SMILES string of the molecule is CCCCCCCCCC/C=C\CCCCCCCCCCCC(=O)OC(COC(=O)CCCCCCCCCCCCCCCCCCCCCCCC)COP(=O)(O)OCC(N)C(=O)O. The number of hydrogen-bond acceptors (Lipinski definition) is 9. The molecule has 0 aliphatic heterocycles. The normalized spacial score (nSPS) is 13.5. The molecule has 0 saturated carbocycles. The molecule has 0 amide bonds. The van der Waals surface area contributed by atoms with Crippen molar-refractivity contribution >= 4 is 25.7 Å². The van der Waals surface area contributed by atoms with Gasteiger partial charge in [0, 0.05) is 12.8 Å². The number of carbonyl (C=O) groups excluding carboxylic acids is 2. The zero-order valence-corrected chi connectivity index (χ0v) is 44.4. The van der Waals surface area contributed by atoms with Gasteiger partial charge in [0.25, 0.3) is 0 Å². The van der Waals surface area contributed by atoms with Crippen LogP contribution in [-0.4, -0.2) is 59.9 Å². The van der Waals surface area contributed by atoms with Gasteiger partial charge in [0.05, 0.1) is 13.2 Å². The van der Waals surface area contributed by atoms with Crippen LogP contribution in [0.1, 0.15) is 290 Å². The van der Waals surface area contributed by atoms with E-state index in [9.17, 15) is 23.8 Å². The number of allylic oxidation sites excluding steroid dienone is 2. The van der Waals surface area contributed by atoms with Crippen molar-refractivity contribution < 1.29 is 47.5 Å². The molecule has 0 aromatic carbocycles. The van der Waals surface area contributed by atoms with Crippen LogP contribution in [0.25, 0.3) is 0 Å². The van der Waals surface area contributed by atoms with Crippen molar-refractivity contribution in [3.05, 3.63) is 12.2 Å². The van der Waals surface area contributed by atoms with Crippen LogP contribution in [0.5, 0.6) is 0 Å². The Hall–Kier alpha value is -1.78. The molecule has 0 fully saturated rings. The fourth-order valence-electron chi connectivity index (χ4n) is 8.36. The first-order valence-corrected chi connectivity index (χ1v) is 29.7. The van der Waals surface area contributed by atoms with Gasteiger partial charge in [-0.25, -0.2) is 4.57 Å². The fourth-order valence-corrected chi connectivity index (χ4v) is 9.14. The summed E-state index contributed by atoms with van der Waals surface area (Å²) in [5.41, 5.74) is 5.36. The van der Waals surface area contributed by atoms with Crippen LogP contribution >= 0.6 is 7.82 Å². The van der Waals surface area contributed by atoms with E-state index in [1.165, 1.54) is 212 Å². The molecule has 12 heteroatoms. The molecule has 0 saturated heterocycles. The standard InChI is InChI=1S/C55H106NO10P/c1-3-5-7-9-11-13-15-17-19-21-23-25-27-28-30-32-34-36-38-40-42-44-46-53(57)63-48-51(49-64-67(61,62)65-50-52(56)55(59)60)66-54(58)47-45-43-41-39-37-35-33-31-29-26-24-22-20-18-16-14-12-10-8-6-4-2/h22,24,51-52H,3-21,23,25-50,56H2,1-2H3,(H,59,60)(H,61,62)/b24-22-. The molecule has 0 rings (SSSR count). The van der Waals surface area contributed by atoms with Crippen molar-refractivity contribution in [2.24, 2.45) is 5.73 Å². The molecule has 0 bridgehead atoms. The van der Waals surface area contributed by atoms with Gasteiger partial charge in [-0.15, -0.1) is 0 Å². The Morgan fingerprint density at radius 1 is 0.448 bits per heavy atom. The number of unbranched alkanes of at least 4 members (excludes halogenated alkanes) is 38. The molecule has 3 unspecified atom stereocenters. The first kappa shape index (κ1) is 65.2. The fraction of sp³-hybridized carbons (Fsp3) is 0.909. The lowest BCUT2D eigenvalue weighted by Gasteiger charge is -2.20. The summed E-state index contributed by atoms with van der Waals surface area (Å²) >= 11 is 0. The topological polar surface area (TPSA) is 172 Å². The largest absolute Gasteiger partial charge is 0.480 e. The van der Waals surface area contributed by atoms with Gasteiger partial charge in [-0.1, -0.05) is 251 Å². The van der Waals surface area contributed by atoms with E-state index in [0.29, 0.717) is 12.8 Å². The molecule has 0 spiro atoms. The summed E-state index contributed by atoms with van der Waals surface area (Å²) in [5.74, 6) is -2.36. The molecule has 0 heterocycles. The predicted molar refractivity (Wildman–Crippen MR) is 277 cm³/mol. The minimum Gasteiger partial charge on any atom is -0.480 e. The van der Waals surface area contributed by atoms with E-state index in [4.69, 9.17) is 29.4 Å². The highest BCUT2D eigenvalue weighted by atomic mass is 31.2. The van der Waals surface area contributed by atoms with E-state index in [2.05, 4.69) is 26.0 Å². The van der Waals surface area contributed by atoms with E-state index >= 15 is 0 Å². The van der Waals surface area contributed by atoms with E-state index in [1.807, 2.05) is 0 Å². The van der Waals surface area contributed by atoms with E-state index in [0.717, 1.165) is 38.5 Å². The Morgan fingerprint density at radius 3 is 1.09 bits per heavy atom. The highest BCUT2D eigenvalue weighted by molar-refractivity contribution is 7.47. The molecule has 3 atom stereocenters. The van der Waals surface area contributed by atoms with Crippen LogP contribution in [0, 0.1) is 0 Å². The lowest BCUT2D eigenvalue weighted by Crippen LogP contribution is -2.34. The van der Waals surface area contributed by atoms with Crippen molar-refractivity contribution in [1.82, 2.24) is 0 Å². The van der Waals surface area contributed by atoms with Crippen LogP contribution in [0.3, 0.4) is 0 Å². The van der Waals surface area contributed by atoms with Crippen LogP contribution in [0.15, 0.2) is 12.2 Å². The van der Waals surface area contributed by atoms with E-state index in [-0.39, 0.29) is 19.4 Å². The van der Waals surface area contributed by atoms with Gasteiger partial charge >= 0.3 is 25.7 Å². The molecule has 0 aliphatic rings. The molecule has 396 valence electrons. The Balaban J connectivity index is 4.14. The molecule has 0 aromatic rings. The van der Waals surface area contributed by atoms with Crippen LogP contribution < -0.4 is 5.73 Å². The highest BCUT2D eigenvalue weighted by Crippen LogP contribution is 2.43. The number of hydrogen-bond donors (Lipinski definition) is 3. The molecule has 0 aromatic heterocycles. The zero-order chi connectivity index (χ0) is 49.2. The first-order chi connectivity index (χ1) is 32.6. The number of esters is 2. The maximum absolute atomic E-state index is 12.7. The minimum atomic E-state index is -4.72. The summed E-state index contributed by atoms with van der Waals surface area (Å²) in [6.45, 7) is 2.87. The van der Waals surface area contributed by atoms with Gasteiger partial charge in [-0.3, -0.25) is 23.4 Å². The summed E-state index contributed by atoms with van der Waals surface area (Å²) in [6, 6.07) is -1.52. The number of carboxylic acids is 1. The second-order valence-electron chi connectivity index (χ2n) is 19.4. The predicted octanol–water partition coefficient (Wildman–Crippen LogP) is 16.4. The van der Waals surface area contributed by atoms with Gasteiger partial charge in [0.2, 0.25) is 0 Å². The van der Waals surface area contributed by atoms with Gasteiger partial charge in [-0.05, 0) is 38.5 Å². The average molecular weight is 972 g/mol. The van der Waals surface area contributed by atoms with Gasteiger partial charge in [0.15, 0.2) is 6.10 Å². The number of rotatable bonds is 54. The average Bonchev–Trinajstić information content (AvgIpc) is 3.31. The van der Waals surface area contributed by atoms with Gasteiger partial charge in [0.1, 0.15) is 12.6 Å². The summed E-state index contributed by atoms with van der Waals surface area (Å²) in [7, 11) is -4.72. The second kappa shape index (κ2) is 50.6. The quantitative estimate of drug-likeness (QED) is 0.0229. The highest BCUT2D eigenvalue weighted by Gasteiger charge is 2.28. The summed E-state index contributed by atoms with van der Waals surface area (Å²) in [4.78, 5) is 46.3. The monoisotopic (exact) mass is 972 g/mol. The van der Waals surface area contributed by atoms with Crippen LogP contribution in [0.4, 0.5) is 0 Å². The Bertz CT molecular complexity index is 1190. The Labute approximate surface area is 411 Å². The van der Waals surface area contributed by atoms with Crippen molar-refractivity contribution in [3.8, 4) is 0 Å². The Kier molecular flexibility index (Phi) is 49.3. The summed E-state index contributed by atoms with van der Waals surface area (Å²) in [5, 5.41) is 8.94. The summed E-state index contributed by atoms with van der Waals surface area (Å²) < 4.78 is 32.9. The van der Waals surface area contributed by atoms with E-state index < -0.39 is 51.1 Å². The number of aliphatic carboxylic acids is 1. The lowest BCUT2D eigenvalue weighted by molar-refractivity contribution is -0.161. The van der Waals surface area contributed by atoms with Crippen molar-refractivity contribution in [2.75, 3.05) is 19.8 Å². The summed E-state index contributed by atoms with van der Waals surface area (Å²) in [6.07, 6.45) is 55.7. The maximum atomic E-state index is 12.7. The third kappa shape index (κ3) is 50.4. The second-order valence-corrected chi connectivity index (χ2v) is 20.9. The third-order valence-electron chi connectivity index (χ3n) is 12.8. The molecule has 4 N–H and O–H groups in total. The third-order valence-corrected chi connectivity index (χ3v) is 13.7. The Morgan fingerprint density at radius 2 is 0.746 bits per heavy atom.